The predicted molar refractivity (Wildman–Crippen MR) is 88.4 cm³/mol. The maximum Gasteiger partial charge on any atom is 0.250 e. The van der Waals surface area contributed by atoms with Crippen LogP contribution in [0.15, 0.2) is 30.3 Å². The highest BCUT2D eigenvalue weighted by Gasteiger charge is 2.38. The Hall–Kier alpha value is -2.28. The first kappa shape index (κ1) is 16.6. The first-order chi connectivity index (χ1) is 11.7. The lowest BCUT2D eigenvalue weighted by Crippen LogP contribution is -2.52. The highest BCUT2D eigenvalue weighted by Crippen LogP contribution is 2.31. The molecule has 0 bridgehead atoms. The number of hydrogen-bond acceptors (Lipinski definition) is 5. The van der Waals surface area contributed by atoms with Crippen LogP contribution in [-0.2, 0) is 9.53 Å². The number of nitrogens with one attached hydrogen (secondary N) is 1. The van der Waals surface area contributed by atoms with Crippen molar-refractivity contribution in [3.8, 4) is 0 Å². The normalized spacial score (nSPS) is 17.6. The molecule has 0 saturated heterocycles. The molecular weight excluding hydrogens is 306 g/mol. The van der Waals surface area contributed by atoms with Crippen molar-refractivity contribution in [3.05, 3.63) is 41.7 Å². The zero-order valence-electron chi connectivity index (χ0n) is 14.1. The summed E-state index contributed by atoms with van der Waals surface area (Å²) < 4.78 is 6.94. The van der Waals surface area contributed by atoms with E-state index in [4.69, 9.17) is 4.74 Å². The van der Waals surface area contributed by atoms with Crippen LogP contribution in [0.3, 0.4) is 0 Å². The molecule has 3 rings (SSSR count). The lowest BCUT2D eigenvalue weighted by molar-refractivity contribution is -0.126. The Labute approximate surface area is 141 Å². The minimum Gasteiger partial charge on any atom is -0.382 e. The van der Waals surface area contributed by atoms with Crippen LogP contribution < -0.4 is 5.32 Å². The van der Waals surface area contributed by atoms with Crippen molar-refractivity contribution >= 4 is 5.91 Å². The van der Waals surface area contributed by atoms with Gasteiger partial charge in [-0.2, -0.15) is 0 Å². The van der Waals surface area contributed by atoms with Gasteiger partial charge < -0.3 is 10.1 Å². The van der Waals surface area contributed by atoms with Crippen molar-refractivity contribution in [2.45, 2.75) is 44.2 Å². The van der Waals surface area contributed by atoms with E-state index in [-0.39, 0.29) is 11.4 Å². The minimum atomic E-state index is -0.587. The van der Waals surface area contributed by atoms with E-state index in [0.29, 0.717) is 12.4 Å². The van der Waals surface area contributed by atoms with Crippen LogP contribution in [0.25, 0.3) is 0 Å². The molecule has 1 fully saturated rings. The van der Waals surface area contributed by atoms with Gasteiger partial charge in [-0.25, -0.2) is 4.68 Å². The van der Waals surface area contributed by atoms with Crippen LogP contribution in [-0.4, -0.2) is 45.4 Å². The van der Waals surface area contributed by atoms with Crippen molar-refractivity contribution in [2.75, 3.05) is 13.7 Å². The molecule has 1 aliphatic rings. The first-order valence-electron chi connectivity index (χ1n) is 8.26. The fourth-order valence-electron chi connectivity index (χ4n) is 3.48. The number of carbonyl (C=O) groups is 1. The number of aromatic nitrogens is 4. The lowest BCUT2D eigenvalue weighted by Gasteiger charge is -2.31. The summed E-state index contributed by atoms with van der Waals surface area (Å²) in [5.74, 6) is 0.502. The zero-order valence-corrected chi connectivity index (χ0v) is 14.1. The highest BCUT2D eigenvalue weighted by molar-refractivity contribution is 5.84. The molecule has 128 valence electrons. The molecule has 0 radical (unpaired) electrons. The quantitative estimate of drug-likeness (QED) is 0.871. The Morgan fingerprint density at radius 2 is 2.04 bits per heavy atom. The molecule has 7 heteroatoms. The van der Waals surface area contributed by atoms with Gasteiger partial charge in [0.05, 0.1) is 12.1 Å². The Bertz CT molecular complexity index is 679. The van der Waals surface area contributed by atoms with Gasteiger partial charge in [-0.1, -0.05) is 43.2 Å². The number of aryl methyl sites for hydroxylation is 1. The summed E-state index contributed by atoms with van der Waals surface area (Å²) in [6.45, 7) is 2.32. The SMILES string of the molecule is COCC1(NC(=O)C(c2ccccc2)n2nnnc2C)CCCC1. The highest BCUT2D eigenvalue weighted by atomic mass is 16.5. The molecule has 1 saturated carbocycles. The summed E-state index contributed by atoms with van der Waals surface area (Å²) in [4.78, 5) is 13.1. The van der Waals surface area contributed by atoms with Crippen LogP contribution in [0, 0.1) is 6.92 Å². The Balaban J connectivity index is 1.91. The Morgan fingerprint density at radius 1 is 1.33 bits per heavy atom. The van der Waals surface area contributed by atoms with Crippen molar-refractivity contribution in [3.63, 3.8) is 0 Å². The van der Waals surface area contributed by atoms with Crippen LogP contribution >= 0.6 is 0 Å². The van der Waals surface area contributed by atoms with Gasteiger partial charge >= 0.3 is 0 Å². The van der Waals surface area contributed by atoms with E-state index in [9.17, 15) is 4.79 Å². The number of benzene rings is 1. The second-order valence-corrected chi connectivity index (χ2v) is 6.39. The standard InChI is InChI=1S/C17H23N5O2/c1-13-19-20-21-22(13)15(14-8-4-3-5-9-14)16(23)18-17(12-24-2)10-6-7-11-17/h3-5,8-9,15H,6-7,10-12H2,1-2H3,(H,18,23). The summed E-state index contributed by atoms with van der Waals surface area (Å²) in [6, 6.07) is 9.00. The maximum atomic E-state index is 13.1. The van der Waals surface area contributed by atoms with Gasteiger partial charge in [-0.15, -0.1) is 5.10 Å². The molecule has 0 aliphatic heterocycles. The second-order valence-electron chi connectivity index (χ2n) is 6.39. The molecule has 1 aromatic carbocycles. The summed E-state index contributed by atoms with van der Waals surface area (Å²) in [7, 11) is 1.67. The second kappa shape index (κ2) is 7.09. The van der Waals surface area contributed by atoms with E-state index < -0.39 is 6.04 Å². The van der Waals surface area contributed by atoms with E-state index in [0.717, 1.165) is 31.2 Å². The average molecular weight is 329 g/mol. The van der Waals surface area contributed by atoms with Crippen molar-refractivity contribution < 1.29 is 9.53 Å². The van der Waals surface area contributed by atoms with Gasteiger partial charge in [0.1, 0.15) is 5.82 Å². The number of amides is 1. The third kappa shape index (κ3) is 3.31. The lowest BCUT2D eigenvalue weighted by atomic mass is 9.97. The monoisotopic (exact) mass is 329 g/mol. The van der Waals surface area contributed by atoms with E-state index in [1.54, 1.807) is 18.7 Å². The molecule has 7 nitrogen and oxygen atoms in total. The van der Waals surface area contributed by atoms with E-state index in [1.165, 1.54) is 0 Å². The van der Waals surface area contributed by atoms with E-state index >= 15 is 0 Å². The van der Waals surface area contributed by atoms with Gasteiger partial charge in [0.2, 0.25) is 5.91 Å². The minimum absolute atomic E-state index is 0.101. The third-order valence-corrected chi connectivity index (χ3v) is 4.64. The maximum absolute atomic E-state index is 13.1. The molecule has 1 unspecified atom stereocenters. The molecule has 1 heterocycles. The average Bonchev–Trinajstić information content (AvgIpc) is 3.19. The fraction of sp³-hybridized carbons (Fsp3) is 0.529. The topological polar surface area (TPSA) is 81.9 Å². The van der Waals surface area contributed by atoms with Crippen LogP contribution in [0.5, 0.6) is 0 Å². The Kier molecular flexibility index (Phi) is 4.89. The van der Waals surface area contributed by atoms with E-state index in [1.807, 2.05) is 30.3 Å². The summed E-state index contributed by atoms with van der Waals surface area (Å²) in [6.07, 6.45) is 4.07. The van der Waals surface area contributed by atoms with Crippen LogP contribution in [0.4, 0.5) is 0 Å². The number of carbonyl (C=O) groups excluding carboxylic acids is 1. The molecule has 1 atom stereocenters. The number of nitrogens with zero attached hydrogens (tertiary/aromatic N) is 4. The fourth-order valence-corrected chi connectivity index (χ4v) is 3.48. The van der Waals surface area contributed by atoms with Gasteiger partial charge in [-0.3, -0.25) is 4.79 Å². The van der Waals surface area contributed by atoms with Crippen LogP contribution in [0.2, 0.25) is 0 Å². The summed E-state index contributed by atoms with van der Waals surface area (Å²) >= 11 is 0. The summed E-state index contributed by atoms with van der Waals surface area (Å²) in [5, 5.41) is 14.9. The predicted octanol–water partition coefficient (Wildman–Crippen LogP) is 1.65. The molecule has 1 aliphatic carbocycles. The van der Waals surface area contributed by atoms with Gasteiger partial charge in [-0.05, 0) is 35.8 Å². The number of hydrogen-bond donors (Lipinski definition) is 1. The van der Waals surface area contributed by atoms with Crippen molar-refractivity contribution in [2.24, 2.45) is 0 Å². The molecular formula is C17H23N5O2. The number of tetrazole rings is 1. The molecule has 1 aromatic heterocycles. The number of rotatable bonds is 6. The summed E-state index contributed by atoms with van der Waals surface area (Å²) in [5.41, 5.74) is 0.566. The largest absolute Gasteiger partial charge is 0.382 e. The van der Waals surface area contributed by atoms with Crippen molar-refractivity contribution in [1.82, 2.24) is 25.5 Å². The molecule has 1 N–H and O–H groups in total. The molecule has 2 aromatic rings. The van der Waals surface area contributed by atoms with E-state index in [2.05, 4.69) is 20.8 Å². The molecule has 1 amide bonds. The Morgan fingerprint density at radius 3 is 2.62 bits per heavy atom. The first-order valence-corrected chi connectivity index (χ1v) is 8.26. The molecule has 0 spiro atoms. The van der Waals surface area contributed by atoms with Gasteiger partial charge in [0.15, 0.2) is 6.04 Å². The number of methoxy groups -OCH3 is 1. The van der Waals surface area contributed by atoms with Gasteiger partial charge in [0.25, 0.3) is 0 Å². The number of ether oxygens (including phenoxy) is 1. The van der Waals surface area contributed by atoms with Crippen LogP contribution in [0.1, 0.15) is 43.1 Å². The zero-order chi connectivity index (χ0) is 17.0. The van der Waals surface area contributed by atoms with Crippen molar-refractivity contribution in [1.29, 1.82) is 0 Å². The smallest absolute Gasteiger partial charge is 0.250 e. The third-order valence-electron chi connectivity index (χ3n) is 4.64. The molecule has 24 heavy (non-hydrogen) atoms. The van der Waals surface area contributed by atoms with Gasteiger partial charge in [0, 0.05) is 7.11 Å².